The van der Waals surface area contributed by atoms with Crippen LogP contribution in [0.2, 0.25) is 0 Å². The molecule has 104 valence electrons. The maximum Gasteiger partial charge on any atom is -0.00258 e. The van der Waals surface area contributed by atoms with E-state index >= 15 is 0 Å². The van der Waals surface area contributed by atoms with E-state index in [0.717, 1.165) is 12.3 Å². The van der Waals surface area contributed by atoms with E-state index in [9.17, 15) is 0 Å². The Morgan fingerprint density at radius 2 is 0.895 bits per heavy atom. The normalized spacial score (nSPS) is 8.95. The molecule has 0 amide bonds. The Balaban J connectivity index is 0.000000467. The van der Waals surface area contributed by atoms with Crippen molar-refractivity contribution in [3.63, 3.8) is 0 Å². The topological polar surface area (TPSA) is 0 Å². The zero-order chi connectivity index (χ0) is 14.5. The highest BCUT2D eigenvalue weighted by atomic mass is 14.0. The summed E-state index contributed by atoms with van der Waals surface area (Å²) in [5.74, 6) is 0.833. The van der Waals surface area contributed by atoms with Crippen molar-refractivity contribution in [2.45, 2.75) is 41.0 Å². The number of benzene rings is 2. The Morgan fingerprint density at radius 3 is 1.16 bits per heavy atom. The highest BCUT2D eigenvalue weighted by molar-refractivity contribution is 5.25. The Labute approximate surface area is 119 Å². The Bertz CT molecular complexity index is 347. The maximum absolute atomic E-state index is 2.17. The molecule has 0 heterocycles. The fourth-order valence-electron chi connectivity index (χ4n) is 1.43. The minimum Gasteiger partial charge on any atom is -0.0683 e. The van der Waals surface area contributed by atoms with Crippen molar-refractivity contribution >= 4 is 0 Å². The average molecular weight is 256 g/mol. The monoisotopic (exact) mass is 256 g/mol. The summed E-state index contributed by atoms with van der Waals surface area (Å²) >= 11 is 0. The van der Waals surface area contributed by atoms with E-state index in [0.29, 0.717) is 0 Å². The van der Waals surface area contributed by atoms with E-state index in [1.807, 2.05) is 13.8 Å². The van der Waals surface area contributed by atoms with Gasteiger partial charge in [-0.25, -0.2) is 0 Å². The summed E-state index contributed by atoms with van der Waals surface area (Å²) in [5.41, 5.74) is 2.74. The summed E-state index contributed by atoms with van der Waals surface area (Å²) < 4.78 is 0. The lowest BCUT2D eigenvalue weighted by Gasteiger charge is -2.00. The van der Waals surface area contributed by atoms with Crippen LogP contribution in [-0.2, 0) is 6.42 Å². The third kappa shape index (κ3) is 10.1. The molecular formula is C19H28. The molecule has 0 aromatic heterocycles. The minimum absolute atomic E-state index is 0.833. The molecule has 0 aliphatic rings. The second-order valence-electron chi connectivity index (χ2n) is 4.88. The smallest absolute Gasteiger partial charge is 0.00258 e. The molecule has 2 aromatic carbocycles. The molecule has 0 aliphatic carbocycles. The van der Waals surface area contributed by atoms with E-state index in [-0.39, 0.29) is 0 Å². The number of hydrogen-bond acceptors (Lipinski definition) is 0. The van der Waals surface area contributed by atoms with Crippen LogP contribution < -0.4 is 0 Å². The van der Waals surface area contributed by atoms with Crippen LogP contribution >= 0.6 is 0 Å². The first-order valence-electron chi connectivity index (χ1n) is 7.26. The van der Waals surface area contributed by atoms with Crippen molar-refractivity contribution < 1.29 is 0 Å². The van der Waals surface area contributed by atoms with Gasteiger partial charge in [0.1, 0.15) is 0 Å². The zero-order valence-electron chi connectivity index (χ0n) is 13.1. The molecule has 0 nitrogen and oxygen atoms in total. The standard InChI is InChI=1S/C13H12.C4H10.C2H6/c1-3-7-12(8-4-1)11-13-9-5-2-6-10-13;1-4(2)3;1-2/h1-10H,11H2;4H,1-3H3;1-2H3. The predicted molar refractivity (Wildman–Crippen MR) is 87.6 cm³/mol. The quantitative estimate of drug-likeness (QED) is 0.621. The van der Waals surface area contributed by atoms with E-state index in [2.05, 4.69) is 81.4 Å². The summed E-state index contributed by atoms with van der Waals surface area (Å²) in [6.07, 6.45) is 1.03. The Morgan fingerprint density at radius 1 is 0.632 bits per heavy atom. The third-order valence-electron chi connectivity index (χ3n) is 2.09. The first-order valence-corrected chi connectivity index (χ1v) is 7.26. The van der Waals surface area contributed by atoms with Crippen molar-refractivity contribution in [3.8, 4) is 0 Å². The molecule has 0 saturated carbocycles. The van der Waals surface area contributed by atoms with Crippen molar-refractivity contribution in [2.75, 3.05) is 0 Å². The molecule has 0 spiro atoms. The van der Waals surface area contributed by atoms with E-state index in [4.69, 9.17) is 0 Å². The van der Waals surface area contributed by atoms with Gasteiger partial charge in [-0.15, -0.1) is 0 Å². The number of hydrogen-bond donors (Lipinski definition) is 0. The molecule has 0 bridgehead atoms. The molecule has 0 heteroatoms. The average Bonchev–Trinajstić information content (AvgIpc) is 2.43. The predicted octanol–water partition coefficient (Wildman–Crippen LogP) is 5.97. The summed E-state index contributed by atoms with van der Waals surface area (Å²) in [6, 6.07) is 21.1. The number of rotatable bonds is 2. The molecule has 0 atom stereocenters. The summed E-state index contributed by atoms with van der Waals surface area (Å²) in [6.45, 7) is 10.5. The summed E-state index contributed by atoms with van der Waals surface area (Å²) in [4.78, 5) is 0. The molecule has 0 fully saturated rings. The highest BCUT2D eigenvalue weighted by Crippen LogP contribution is 2.07. The van der Waals surface area contributed by atoms with Crippen LogP contribution in [0.3, 0.4) is 0 Å². The van der Waals surface area contributed by atoms with Crippen molar-refractivity contribution in [3.05, 3.63) is 71.8 Å². The summed E-state index contributed by atoms with van der Waals surface area (Å²) in [5, 5.41) is 0. The molecule has 2 aromatic rings. The van der Waals surface area contributed by atoms with E-state index in [1.54, 1.807) is 0 Å². The minimum atomic E-state index is 0.833. The van der Waals surface area contributed by atoms with Crippen molar-refractivity contribution in [1.82, 2.24) is 0 Å². The molecule has 0 saturated heterocycles. The van der Waals surface area contributed by atoms with Crippen LogP contribution in [0.25, 0.3) is 0 Å². The highest BCUT2D eigenvalue weighted by Gasteiger charge is 1.92. The maximum atomic E-state index is 2.17. The van der Waals surface area contributed by atoms with E-state index in [1.165, 1.54) is 11.1 Å². The Hall–Kier alpha value is -1.56. The van der Waals surface area contributed by atoms with Gasteiger partial charge in [-0.1, -0.05) is 95.3 Å². The summed E-state index contributed by atoms with van der Waals surface area (Å²) in [7, 11) is 0. The van der Waals surface area contributed by atoms with Crippen LogP contribution in [0.5, 0.6) is 0 Å². The molecular weight excluding hydrogens is 228 g/mol. The van der Waals surface area contributed by atoms with Crippen LogP contribution in [0.4, 0.5) is 0 Å². The molecule has 0 unspecified atom stereocenters. The third-order valence-corrected chi connectivity index (χ3v) is 2.09. The van der Waals surface area contributed by atoms with Gasteiger partial charge >= 0.3 is 0 Å². The van der Waals surface area contributed by atoms with Gasteiger partial charge in [0.25, 0.3) is 0 Å². The van der Waals surface area contributed by atoms with E-state index < -0.39 is 0 Å². The van der Waals surface area contributed by atoms with Gasteiger partial charge in [0.15, 0.2) is 0 Å². The first kappa shape index (κ1) is 17.4. The molecule has 0 N–H and O–H groups in total. The van der Waals surface area contributed by atoms with Crippen LogP contribution in [0.1, 0.15) is 45.7 Å². The lowest BCUT2D eigenvalue weighted by molar-refractivity contribution is 0.737. The van der Waals surface area contributed by atoms with Gasteiger partial charge in [0.05, 0.1) is 0 Å². The van der Waals surface area contributed by atoms with Gasteiger partial charge in [-0.05, 0) is 23.5 Å². The van der Waals surface area contributed by atoms with Crippen molar-refractivity contribution in [2.24, 2.45) is 5.92 Å². The second kappa shape index (κ2) is 11.5. The molecule has 0 aliphatic heterocycles. The van der Waals surface area contributed by atoms with Crippen LogP contribution in [-0.4, -0.2) is 0 Å². The van der Waals surface area contributed by atoms with Crippen molar-refractivity contribution in [1.29, 1.82) is 0 Å². The largest absolute Gasteiger partial charge is 0.0683 e. The molecule has 2 rings (SSSR count). The van der Waals surface area contributed by atoms with Crippen LogP contribution in [0, 0.1) is 5.92 Å². The van der Waals surface area contributed by atoms with Crippen LogP contribution in [0.15, 0.2) is 60.7 Å². The van der Waals surface area contributed by atoms with Gasteiger partial charge in [-0.2, -0.15) is 0 Å². The molecule has 0 radical (unpaired) electrons. The lowest BCUT2D eigenvalue weighted by Crippen LogP contribution is -1.85. The second-order valence-corrected chi connectivity index (χ2v) is 4.88. The fourth-order valence-corrected chi connectivity index (χ4v) is 1.43. The lowest BCUT2D eigenvalue weighted by atomic mass is 10.1. The van der Waals surface area contributed by atoms with Gasteiger partial charge < -0.3 is 0 Å². The fraction of sp³-hybridized carbons (Fsp3) is 0.368. The SMILES string of the molecule is CC.CC(C)C.c1ccc(Cc2ccccc2)cc1. The zero-order valence-corrected chi connectivity index (χ0v) is 13.1. The first-order chi connectivity index (χ1) is 9.18. The van der Waals surface area contributed by atoms with Gasteiger partial charge in [-0.3, -0.25) is 0 Å². The van der Waals surface area contributed by atoms with Gasteiger partial charge in [0.2, 0.25) is 0 Å². The Kier molecular flexibility index (Phi) is 10.6. The molecule has 19 heavy (non-hydrogen) atoms. The van der Waals surface area contributed by atoms with Gasteiger partial charge in [0, 0.05) is 0 Å².